The largest absolute Gasteiger partial charge is 0.367 e. The average molecular weight is 358 g/mol. The van der Waals surface area contributed by atoms with E-state index in [4.69, 9.17) is 10.2 Å². The molecule has 0 bridgehead atoms. The van der Waals surface area contributed by atoms with Crippen molar-refractivity contribution in [2.75, 3.05) is 13.1 Å². The molecule has 0 saturated carbocycles. The van der Waals surface area contributed by atoms with Crippen molar-refractivity contribution in [2.24, 2.45) is 5.92 Å². The minimum absolute atomic E-state index is 0.290. The van der Waals surface area contributed by atoms with E-state index in [0.29, 0.717) is 0 Å². The fourth-order valence-corrected chi connectivity index (χ4v) is 3.33. The van der Waals surface area contributed by atoms with E-state index in [1.807, 2.05) is 0 Å². The predicted octanol–water partition coefficient (Wildman–Crippen LogP) is 5.78. The first-order valence-electron chi connectivity index (χ1n) is 11.2. The standard InChI is InChI=1S/C22H47NO2/c1-21(2)18-16-14-12-10-8-6-4-3-5-7-9-11-13-15-17-19-23-20-22(24)25/h21-25H,3-20H2,1-2H3. The summed E-state index contributed by atoms with van der Waals surface area (Å²) >= 11 is 0. The zero-order valence-electron chi connectivity index (χ0n) is 17.3. The second-order valence-electron chi connectivity index (χ2n) is 8.17. The Morgan fingerprint density at radius 1 is 0.560 bits per heavy atom. The minimum atomic E-state index is -1.21. The highest BCUT2D eigenvalue weighted by Crippen LogP contribution is 2.14. The number of hydrogen-bond acceptors (Lipinski definition) is 3. The second-order valence-corrected chi connectivity index (χ2v) is 8.17. The summed E-state index contributed by atoms with van der Waals surface area (Å²) in [5.74, 6) is 0.879. The molecule has 0 amide bonds. The first kappa shape index (κ1) is 24.9. The highest BCUT2D eigenvalue weighted by atomic mass is 16.5. The maximum atomic E-state index is 8.70. The van der Waals surface area contributed by atoms with Crippen LogP contribution in [0.1, 0.15) is 117 Å². The van der Waals surface area contributed by atoms with Crippen LogP contribution in [-0.4, -0.2) is 29.6 Å². The maximum Gasteiger partial charge on any atom is 0.164 e. The number of nitrogens with one attached hydrogen (secondary N) is 1. The maximum absolute atomic E-state index is 8.70. The molecule has 0 unspecified atom stereocenters. The lowest BCUT2D eigenvalue weighted by Gasteiger charge is -2.06. The second kappa shape index (κ2) is 20.2. The molecule has 0 atom stereocenters. The van der Waals surface area contributed by atoms with Crippen molar-refractivity contribution in [3.8, 4) is 0 Å². The Morgan fingerprint density at radius 2 is 0.920 bits per heavy atom. The summed E-state index contributed by atoms with van der Waals surface area (Å²) < 4.78 is 0. The molecule has 25 heavy (non-hydrogen) atoms. The van der Waals surface area contributed by atoms with Gasteiger partial charge in [-0.25, -0.2) is 0 Å². The van der Waals surface area contributed by atoms with Crippen LogP contribution in [-0.2, 0) is 0 Å². The van der Waals surface area contributed by atoms with Crippen molar-refractivity contribution >= 4 is 0 Å². The van der Waals surface area contributed by atoms with Crippen LogP contribution in [0.4, 0.5) is 0 Å². The van der Waals surface area contributed by atoms with E-state index in [9.17, 15) is 0 Å². The molecule has 0 aliphatic carbocycles. The summed E-state index contributed by atoms with van der Waals surface area (Å²) in [5, 5.41) is 20.4. The monoisotopic (exact) mass is 357 g/mol. The molecular weight excluding hydrogens is 310 g/mol. The van der Waals surface area contributed by atoms with E-state index in [1.54, 1.807) is 0 Å². The molecule has 3 heteroatoms. The molecule has 0 heterocycles. The van der Waals surface area contributed by atoms with Crippen LogP contribution in [0.5, 0.6) is 0 Å². The fourth-order valence-electron chi connectivity index (χ4n) is 3.33. The van der Waals surface area contributed by atoms with Crippen LogP contribution in [0, 0.1) is 5.92 Å². The van der Waals surface area contributed by atoms with Crippen LogP contribution in [0.3, 0.4) is 0 Å². The Labute approximate surface area is 158 Å². The van der Waals surface area contributed by atoms with Crippen molar-refractivity contribution in [3.63, 3.8) is 0 Å². The molecule has 0 spiro atoms. The lowest BCUT2D eigenvalue weighted by atomic mass is 10.0. The molecule has 0 aromatic heterocycles. The summed E-state index contributed by atoms with van der Waals surface area (Å²) in [6, 6.07) is 0. The normalized spacial score (nSPS) is 11.8. The molecule has 0 rings (SSSR count). The molecule has 0 aliphatic heterocycles. The Bertz CT molecular complexity index is 220. The van der Waals surface area contributed by atoms with Crippen molar-refractivity contribution in [2.45, 2.75) is 123 Å². The highest BCUT2D eigenvalue weighted by Gasteiger charge is 1.97. The van der Waals surface area contributed by atoms with E-state index in [1.165, 1.54) is 96.3 Å². The van der Waals surface area contributed by atoms with Gasteiger partial charge >= 0.3 is 0 Å². The molecule has 0 aromatic carbocycles. The van der Waals surface area contributed by atoms with Crippen LogP contribution in [0.15, 0.2) is 0 Å². The van der Waals surface area contributed by atoms with Gasteiger partial charge in [0.05, 0.1) is 0 Å². The fraction of sp³-hybridized carbons (Fsp3) is 1.00. The number of aliphatic hydroxyl groups is 2. The van der Waals surface area contributed by atoms with Gasteiger partial charge in [-0.1, -0.05) is 110 Å². The summed E-state index contributed by atoms with van der Waals surface area (Å²) in [5.41, 5.74) is 0. The van der Waals surface area contributed by atoms with Crippen LogP contribution >= 0.6 is 0 Å². The zero-order valence-corrected chi connectivity index (χ0v) is 17.3. The van der Waals surface area contributed by atoms with Gasteiger partial charge in [0.2, 0.25) is 0 Å². The Hall–Kier alpha value is -0.120. The van der Waals surface area contributed by atoms with Crippen LogP contribution in [0.2, 0.25) is 0 Å². The van der Waals surface area contributed by atoms with Gasteiger partial charge in [-0.3, -0.25) is 0 Å². The van der Waals surface area contributed by atoms with Gasteiger partial charge in [0.25, 0.3) is 0 Å². The Morgan fingerprint density at radius 3 is 1.28 bits per heavy atom. The molecule has 0 saturated heterocycles. The van der Waals surface area contributed by atoms with Gasteiger partial charge in [0, 0.05) is 6.54 Å². The number of hydrogen-bond donors (Lipinski definition) is 3. The Balaban J connectivity index is 2.98. The average Bonchev–Trinajstić information content (AvgIpc) is 2.56. The molecule has 0 aromatic rings. The smallest absolute Gasteiger partial charge is 0.164 e. The number of aliphatic hydroxyl groups excluding tert-OH is 1. The van der Waals surface area contributed by atoms with Gasteiger partial charge in [-0.2, -0.15) is 0 Å². The third-order valence-corrected chi connectivity index (χ3v) is 4.96. The SMILES string of the molecule is CC(C)CCCCCCCCCCCCCCCCCNCC(O)O. The molecule has 0 fully saturated rings. The van der Waals surface area contributed by atoms with Crippen molar-refractivity contribution in [1.29, 1.82) is 0 Å². The summed E-state index contributed by atoms with van der Waals surface area (Å²) in [7, 11) is 0. The zero-order chi connectivity index (χ0) is 18.6. The first-order valence-corrected chi connectivity index (χ1v) is 11.2. The van der Waals surface area contributed by atoms with Crippen molar-refractivity contribution < 1.29 is 10.2 Å². The molecule has 0 radical (unpaired) electrons. The first-order chi connectivity index (χ1) is 12.1. The molecule has 152 valence electrons. The van der Waals surface area contributed by atoms with Crippen LogP contribution in [0.25, 0.3) is 0 Å². The van der Waals surface area contributed by atoms with E-state index in [2.05, 4.69) is 19.2 Å². The lowest BCUT2D eigenvalue weighted by Crippen LogP contribution is -2.26. The van der Waals surface area contributed by atoms with Gasteiger partial charge in [0.15, 0.2) is 6.29 Å². The van der Waals surface area contributed by atoms with Crippen LogP contribution < -0.4 is 5.32 Å². The predicted molar refractivity (Wildman–Crippen MR) is 110 cm³/mol. The highest BCUT2D eigenvalue weighted by molar-refractivity contribution is 4.52. The lowest BCUT2D eigenvalue weighted by molar-refractivity contribution is -0.0370. The summed E-state index contributed by atoms with van der Waals surface area (Å²) in [6.07, 6.45) is 21.0. The van der Waals surface area contributed by atoms with E-state index < -0.39 is 6.29 Å². The quantitative estimate of drug-likeness (QED) is 0.191. The summed E-state index contributed by atoms with van der Waals surface area (Å²) in [4.78, 5) is 0. The Kier molecular flexibility index (Phi) is 20.1. The molecule has 3 nitrogen and oxygen atoms in total. The summed E-state index contributed by atoms with van der Waals surface area (Å²) in [6.45, 7) is 5.84. The van der Waals surface area contributed by atoms with E-state index in [0.717, 1.165) is 18.9 Å². The van der Waals surface area contributed by atoms with Gasteiger partial charge in [0.1, 0.15) is 0 Å². The van der Waals surface area contributed by atoms with Gasteiger partial charge < -0.3 is 15.5 Å². The van der Waals surface area contributed by atoms with Crippen molar-refractivity contribution in [1.82, 2.24) is 5.32 Å². The number of unbranched alkanes of at least 4 members (excludes halogenated alkanes) is 14. The van der Waals surface area contributed by atoms with E-state index >= 15 is 0 Å². The van der Waals surface area contributed by atoms with E-state index in [-0.39, 0.29) is 6.54 Å². The van der Waals surface area contributed by atoms with Gasteiger partial charge in [-0.05, 0) is 18.9 Å². The molecular formula is C22H47NO2. The minimum Gasteiger partial charge on any atom is -0.367 e. The third-order valence-electron chi connectivity index (χ3n) is 4.96. The third kappa shape index (κ3) is 23.9. The topological polar surface area (TPSA) is 52.5 Å². The number of rotatable bonds is 20. The molecule has 3 N–H and O–H groups in total. The van der Waals surface area contributed by atoms with Gasteiger partial charge in [-0.15, -0.1) is 0 Å². The molecule has 0 aliphatic rings. The van der Waals surface area contributed by atoms with Crippen molar-refractivity contribution in [3.05, 3.63) is 0 Å².